The smallest absolute Gasteiger partial charge is 0.0997 e. The predicted octanol–water partition coefficient (Wildman–Crippen LogP) is 2.71. The molecule has 2 rings (SSSR count). The second-order valence-electron chi connectivity index (χ2n) is 3.73. The molecule has 0 amide bonds. The van der Waals surface area contributed by atoms with Crippen molar-refractivity contribution >= 4 is 15.9 Å². The highest BCUT2D eigenvalue weighted by Gasteiger charge is 2.10. The number of nitrogens with two attached hydrogens (primary N) is 1. The molecule has 0 unspecified atom stereocenters. The third kappa shape index (κ3) is 1.79. The van der Waals surface area contributed by atoms with Crippen molar-refractivity contribution in [3.8, 4) is 5.69 Å². The van der Waals surface area contributed by atoms with Crippen LogP contribution < -0.4 is 5.73 Å². The number of nitrogens with zero attached hydrogens (tertiary/aromatic N) is 2. The van der Waals surface area contributed by atoms with Crippen LogP contribution >= 0.6 is 15.9 Å². The van der Waals surface area contributed by atoms with Crippen LogP contribution in [0.4, 0.5) is 0 Å². The largest absolute Gasteiger partial charge is 0.326 e. The van der Waals surface area contributed by atoms with Gasteiger partial charge in [0, 0.05) is 22.3 Å². The van der Waals surface area contributed by atoms with Gasteiger partial charge in [0.15, 0.2) is 0 Å². The Hall–Kier alpha value is -1.13. The number of aromatic nitrogens is 2. The highest BCUT2D eigenvalue weighted by Crippen LogP contribution is 2.24. The number of rotatable bonds is 2. The van der Waals surface area contributed by atoms with E-state index in [1.54, 1.807) is 0 Å². The number of imidazole rings is 1. The average Bonchev–Trinajstić information content (AvgIpc) is 2.59. The minimum Gasteiger partial charge on any atom is -0.326 e. The summed E-state index contributed by atoms with van der Waals surface area (Å²) in [6.07, 6.45) is 1.84. The molecular weight excluding hydrogens is 266 g/mol. The normalized spacial score (nSPS) is 10.8. The minimum atomic E-state index is 0.507. The highest BCUT2D eigenvalue weighted by atomic mass is 79.9. The maximum absolute atomic E-state index is 5.78. The Morgan fingerprint density at radius 3 is 2.69 bits per heavy atom. The third-order valence-electron chi connectivity index (χ3n) is 2.81. The minimum absolute atomic E-state index is 0.507. The SMILES string of the molecule is Cc1ncn(-c2cccc(Br)c2CN)c1C. The Labute approximate surface area is 103 Å². The van der Waals surface area contributed by atoms with Gasteiger partial charge >= 0.3 is 0 Å². The van der Waals surface area contributed by atoms with E-state index in [0.29, 0.717) is 6.54 Å². The predicted molar refractivity (Wildman–Crippen MR) is 68.6 cm³/mol. The fraction of sp³-hybridized carbons (Fsp3) is 0.250. The topological polar surface area (TPSA) is 43.8 Å². The van der Waals surface area contributed by atoms with Crippen molar-refractivity contribution in [2.45, 2.75) is 20.4 Å². The lowest BCUT2D eigenvalue weighted by atomic mass is 10.1. The summed E-state index contributed by atoms with van der Waals surface area (Å²) in [4.78, 5) is 4.30. The first-order valence-corrected chi connectivity index (χ1v) is 5.93. The van der Waals surface area contributed by atoms with Crippen molar-refractivity contribution in [3.63, 3.8) is 0 Å². The number of aryl methyl sites for hydroxylation is 1. The maximum Gasteiger partial charge on any atom is 0.0997 e. The first-order chi connectivity index (χ1) is 7.65. The molecule has 1 heterocycles. The van der Waals surface area contributed by atoms with Crippen molar-refractivity contribution in [3.05, 3.63) is 46.0 Å². The van der Waals surface area contributed by atoms with E-state index >= 15 is 0 Å². The van der Waals surface area contributed by atoms with Gasteiger partial charge in [-0.3, -0.25) is 0 Å². The van der Waals surface area contributed by atoms with Crippen LogP contribution in [0.5, 0.6) is 0 Å². The molecule has 0 bridgehead atoms. The zero-order chi connectivity index (χ0) is 11.7. The summed E-state index contributed by atoms with van der Waals surface area (Å²) in [5.41, 5.74) is 10.2. The van der Waals surface area contributed by atoms with Gasteiger partial charge in [-0.15, -0.1) is 0 Å². The molecule has 0 aliphatic rings. The second kappa shape index (κ2) is 4.39. The van der Waals surface area contributed by atoms with Crippen LogP contribution in [-0.2, 0) is 6.54 Å². The van der Waals surface area contributed by atoms with E-state index in [-0.39, 0.29) is 0 Å². The van der Waals surface area contributed by atoms with Crippen LogP contribution in [0.3, 0.4) is 0 Å². The molecule has 2 N–H and O–H groups in total. The van der Waals surface area contributed by atoms with E-state index in [1.807, 2.05) is 25.4 Å². The van der Waals surface area contributed by atoms with Crippen molar-refractivity contribution < 1.29 is 0 Å². The lowest BCUT2D eigenvalue weighted by Crippen LogP contribution is -2.06. The zero-order valence-electron chi connectivity index (χ0n) is 9.37. The molecule has 16 heavy (non-hydrogen) atoms. The van der Waals surface area contributed by atoms with Gasteiger partial charge in [-0.25, -0.2) is 4.98 Å². The quantitative estimate of drug-likeness (QED) is 0.919. The Morgan fingerprint density at radius 1 is 1.38 bits per heavy atom. The number of hydrogen-bond acceptors (Lipinski definition) is 2. The maximum atomic E-state index is 5.78. The Bertz CT molecular complexity index is 517. The molecule has 0 atom stereocenters. The summed E-state index contributed by atoms with van der Waals surface area (Å²) >= 11 is 3.52. The van der Waals surface area contributed by atoms with Crippen molar-refractivity contribution in [1.29, 1.82) is 0 Å². The Kier molecular flexibility index (Phi) is 3.12. The van der Waals surface area contributed by atoms with E-state index in [1.165, 1.54) is 0 Å². The van der Waals surface area contributed by atoms with E-state index in [0.717, 1.165) is 27.1 Å². The molecular formula is C12H14BrN3. The molecule has 4 heteroatoms. The van der Waals surface area contributed by atoms with Gasteiger partial charge in [0.2, 0.25) is 0 Å². The van der Waals surface area contributed by atoms with Gasteiger partial charge in [0.1, 0.15) is 0 Å². The molecule has 0 aliphatic carbocycles. The lowest BCUT2D eigenvalue weighted by Gasteiger charge is -2.12. The standard InChI is InChI=1S/C12H14BrN3/c1-8-9(2)16(7-15-8)12-5-3-4-11(13)10(12)6-14/h3-5,7H,6,14H2,1-2H3. The lowest BCUT2D eigenvalue weighted by molar-refractivity contribution is 0.947. The molecule has 84 valence electrons. The molecule has 0 radical (unpaired) electrons. The fourth-order valence-corrected chi connectivity index (χ4v) is 2.23. The summed E-state index contributed by atoms with van der Waals surface area (Å²) < 4.78 is 3.11. The van der Waals surface area contributed by atoms with Crippen LogP contribution in [0, 0.1) is 13.8 Å². The molecule has 0 fully saturated rings. The third-order valence-corrected chi connectivity index (χ3v) is 3.55. The number of hydrogen-bond donors (Lipinski definition) is 1. The molecule has 0 saturated carbocycles. The number of halogens is 1. The van der Waals surface area contributed by atoms with Crippen molar-refractivity contribution in [1.82, 2.24) is 9.55 Å². The summed E-state index contributed by atoms with van der Waals surface area (Å²) in [6, 6.07) is 6.07. The highest BCUT2D eigenvalue weighted by molar-refractivity contribution is 9.10. The van der Waals surface area contributed by atoms with E-state index in [2.05, 4.69) is 38.5 Å². The first kappa shape index (κ1) is 11.4. The summed E-state index contributed by atoms with van der Waals surface area (Å²) in [5, 5.41) is 0. The van der Waals surface area contributed by atoms with Crippen molar-refractivity contribution in [2.75, 3.05) is 0 Å². The van der Waals surface area contributed by atoms with Gasteiger partial charge in [-0.2, -0.15) is 0 Å². The average molecular weight is 280 g/mol. The van der Waals surface area contributed by atoms with Gasteiger partial charge < -0.3 is 10.3 Å². The van der Waals surface area contributed by atoms with Gasteiger partial charge in [0.05, 0.1) is 17.7 Å². The van der Waals surface area contributed by atoms with E-state index < -0.39 is 0 Å². The van der Waals surface area contributed by atoms with Crippen LogP contribution in [0.1, 0.15) is 17.0 Å². The van der Waals surface area contributed by atoms with Crippen molar-refractivity contribution in [2.24, 2.45) is 5.73 Å². The van der Waals surface area contributed by atoms with Crippen LogP contribution in [0.2, 0.25) is 0 Å². The van der Waals surface area contributed by atoms with Gasteiger partial charge in [-0.05, 0) is 26.0 Å². The molecule has 0 saturated heterocycles. The fourth-order valence-electron chi connectivity index (χ4n) is 1.72. The van der Waals surface area contributed by atoms with E-state index in [4.69, 9.17) is 5.73 Å². The summed E-state index contributed by atoms with van der Waals surface area (Å²) in [7, 11) is 0. The van der Waals surface area contributed by atoms with Crippen LogP contribution in [0.25, 0.3) is 5.69 Å². The molecule has 2 aromatic rings. The Balaban J connectivity index is 2.64. The number of benzene rings is 1. The zero-order valence-corrected chi connectivity index (χ0v) is 11.0. The first-order valence-electron chi connectivity index (χ1n) is 5.13. The molecule has 1 aromatic heterocycles. The summed E-state index contributed by atoms with van der Waals surface area (Å²) in [5.74, 6) is 0. The van der Waals surface area contributed by atoms with Gasteiger partial charge in [-0.1, -0.05) is 22.0 Å². The van der Waals surface area contributed by atoms with E-state index in [9.17, 15) is 0 Å². The Morgan fingerprint density at radius 2 is 2.12 bits per heavy atom. The summed E-state index contributed by atoms with van der Waals surface area (Å²) in [6.45, 7) is 4.57. The molecule has 0 spiro atoms. The van der Waals surface area contributed by atoms with Crippen LogP contribution in [-0.4, -0.2) is 9.55 Å². The molecule has 1 aromatic carbocycles. The van der Waals surface area contributed by atoms with Crippen LogP contribution in [0.15, 0.2) is 29.0 Å². The molecule has 0 aliphatic heterocycles. The van der Waals surface area contributed by atoms with Gasteiger partial charge in [0.25, 0.3) is 0 Å². The second-order valence-corrected chi connectivity index (χ2v) is 4.58. The molecule has 3 nitrogen and oxygen atoms in total. The monoisotopic (exact) mass is 279 g/mol.